The molecule has 2 aromatic heterocycles. The van der Waals surface area contributed by atoms with Crippen molar-refractivity contribution in [2.24, 2.45) is 5.92 Å². The zero-order chi connectivity index (χ0) is 20.4. The normalized spacial score (nSPS) is 12.2. The Kier molecular flexibility index (Phi) is 5.36. The van der Waals surface area contributed by atoms with Gasteiger partial charge in [0.25, 0.3) is 0 Å². The molecule has 1 amide bonds. The number of nitrogens with zero attached hydrogens (tertiary/aromatic N) is 3. The van der Waals surface area contributed by atoms with Crippen LogP contribution in [0.3, 0.4) is 0 Å². The summed E-state index contributed by atoms with van der Waals surface area (Å²) in [6, 6.07) is 14.1. The highest BCUT2D eigenvalue weighted by Gasteiger charge is 2.17. The predicted molar refractivity (Wildman–Crippen MR) is 115 cm³/mol. The Balaban J connectivity index is 1.58. The van der Waals surface area contributed by atoms with Crippen molar-refractivity contribution in [3.63, 3.8) is 0 Å². The van der Waals surface area contributed by atoms with E-state index in [4.69, 9.17) is 11.6 Å². The number of nitrogens with one attached hydrogen (secondary N) is 2. The number of H-pyrrole nitrogens is 1. The predicted octanol–water partition coefficient (Wildman–Crippen LogP) is 4.34. The van der Waals surface area contributed by atoms with Crippen LogP contribution in [-0.2, 0) is 17.9 Å². The molecule has 6 nitrogen and oxygen atoms in total. The largest absolute Gasteiger partial charge is 0.354 e. The quantitative estimate of drug-likeness (QED) is 0.499. The van der Waals surface area contributed by atoms with Gasteiger partial charge in [-0.2, -0.15) is 5.10 Å². The number of amides is 1. The van der Waals surface area contributed by atoms with Gasteiger partial charge in [-0.1, -0.05) is 48.9 Å². The molecule has 0 bridgehead atoms. The third-order valence-corrected chi connectivity index (χ3v) is 5.32. The lowest BCUT2D eigenvalue weighted by Crippen LogP contribution is -2.31. The Labute approximate surface area is 173 Å². The molecular weight excluding hydrogens is 386 g/mol. The maximum atomic E-state index is 12.5. The lowest BCUT2D eigenvalue weighted by molar-refractivity contribution is -0.125. The molecule has 0 saturated carbocycles. The minimum atomic E-state index is -0.225. The van der Waals surface area contributed by atoms with Gasteiger partial charge >= 0.3 is 0 Å². The molecule has 2 N–H and O–H groups in total. The summed E-state index contributed by atoms with van der Waals surface area (Å²) in [5, 5.41) is 8.79. The van der Waals surface area contributed by atoms with Crippen molar-refractivity contribution < 1.29 is 4.79 Å². The van der Waals surface area contributed by atoms with Gasteiger partial charge in [-0.3, -0.25) is 9.48 Å². The summed E-state index contributed by atoms with van der Waals surface area (Å²) in [5.74, 6) is -0.267. The van der Waals surface area contributed by atoms with Crippen LogP contribution in [0.4, 0.5) is 0 Å². The SMILES string of the molecule is Cc1c(-c2ccccc2)[nH]c2c(CNC(=O)C(C)Cn3cncn3)cc(Cl)cc12. The Hall–Kier alpha value is -3.12. The number of carbonyl (C=O) groups excluding carboxylic acids is 1. The van der Waals surface area contributed by atoms with Gasteiger partial charge in [-0.25, -0.2) is 4.98 Å². The van der Waals surface area contributed by atoms with Crippen LogP contribution in [0.5, 0.6) is 0 Å². The van der Waals surface area contributed by atoms with E-state index in [1.165, 1.54) is 6.33 Å². The van der Waals surface area contributed by atoms with Crippen LogP contribution < -0.4 is 5.32 Å². The molecular formula is C22H22ClN5O. The summed E-state index contributed by atoms with van der Waals surface area (Å²) in [5.41, 5.74) is 5.28. The Morgan fingerprint density at radius 2 is 2.07 bits per heavy atom. The van der Waals surface area contributed by atoms with Gasteiger partial charge in [0.05, 0.1) is 18.0 Å². The monoisotopic (exact) mass is 407 g/mol. The molecule has 2 heterocycles. The number of carbonyl (C=O) groups is 1. The Bertz CT molecular complexity index is 1140. The smallest absolute Gasteiger partial charge is 0.224 e. The number of halogens is 1. The highest BCUT2D eigenvalue weighted by atomic mass is 35.5. The van der Waals surface area contributed by atoms with Gasteiger partial charge in [0.1, 0.15) is 12.7 Å². The lowest BCUT2D eigenvalue weighted by atomic mass is 10.0. The molecule has 0 fully saturated rings. The van der Waals surface area contributed by atoms with Crippen LogP contribution >= 0.6 is 11.6 Å². The zero-order valence-corrected chi connectivity index (χ0v) is 17.1. The average molecular weight is 408 g/mol. The van der Waals surface area contributed by atoms with Gasteiger partial charge in [0.2, 0.25) is 5.91 Å². The Morgan fingerprint density at radius 3 is 2.79 bits per heavy atom. The van der Waals surface area contributed by atoms with E-state index in [2.05, 4.69) is 39.4 Å². The Morgan fingerprint density at radius 1 is 1.28 bits per heavy atom. The van der Waals surface area contributed by atoms with Crippen molar-refractivity contribution >= 4 is 28.4 Å². The second-order valence-corrected chi connectivity index (χ2v) is 7.65. The molecule has 0 aliphatic heterocycles. The maximum Gasteiger partial charge on any atom is 0.224 e. The average Bonchev–Trinajstić information content (AvgIpc) is 3.35. The minimum absolute atomic E-state index is 0.0415. The van der Waals surface area contributed by atoms with Crippen molar-refractivity contribution in [2.75, 3.05) is 0 Å². The van der Waals surface area contributed by atoms with Crippen molar-refractivity contribution in [2.45, 2.75) is 26.9 Å². The van der Waals surface area contributed by atoms with Crippen LogP contribution in [-0.4, -0.2) is 25.7 Å². The number of aryl methyl sites for hydroxylation is 1. The fraction of sp³-hybridized carbons (Fsp3) is 0.227. The summed E-state index contributed by atoms with van der Waals surface area (Å²) in [7, 11) is 0. The first-order valence-corrected chi connectivity index (χ1v) is 9.87. The van der Waals surface area contributed by atoms with Gasteiger partial charge < -0.3 is 10.3 Å². The summed E-state index contributed by atoms with van der Waals surface area (Å²) in [6.45, 7) is 4.83. The van der Waals surface area contributed by atoms with Crippen molar-refractivity contribution in [3.05, 3.63) is 71.3 Å². The molecule has 0 radical (unpaired) electrons. The highest BCUT2D eigenvalue weighted by molar-refractivity contribution is 6.31. The number of aromatic amines is 1. The van der Waals surface area contributed by atoms with E-state index in [1.807, 2.05) is 37.3 Å². The first-order valence-electron chi connectivity index (χ1n) is 9.49. The molecule has 1 atom stereocenters. The van der Waals surface area contributed by atoms with Crippen molar-refractivity contribution in [3.8, 4) is 11.3 Å². The van der Waals surface area contributed by atoms with Crippen LogP contribution in [0.2, 0.25) is 5.02 Å². The first kappa shape index (κ1) is 19.2. The molecule has 7 heteroatoms. The summed E-state index contributed by atoms with van der Waals surface area (Å²) >= 11 is 6.38. The van der Waals surface area contributed by atoms with Crippen molar-refractivity contribution in [1.29, 1.82) is 0 Å². The lowest BCUT2D eigenvalue weighted by Gasteiger charge is -2.13. The third kappa shape index (κ3) is 4.03. The van der Waals surface area contributed by atoms with E-state index in [0.29, 0.717) is 18.1 Å². The molecule has 1 unspecified atom stereocenters. The van der Waals surface area contributed by atoms with Crippen molar-refractivity contribution in [1.82, 2.24) is 25.1 Å². The fourth-order valence-corrected chi connectivity index (χ4v) is 3.78. The van der Waals surface area contributed by atoms with E-state index < -0.39 is 0 Å². The topological polar surface area (TPSA) is 75.6 Å². The van der Waals surface area contributed by atoms with E-state index in [0.717, 1.165) is 33.3 Å². The second kappa shape index (κ2) is 8.09. The number of hydrogen-bond acceptors (Lipinski definition) is 3. The maximum absolute atomic E-state index is 12.5. The molecule has 4 aromatic rings. The molecule has 0 aliphatic carbocycles. The van der Waals surface area contributed by atoms with Gasteiger partial charge in [0.15, 0.2) is 0 Å². The molecule has 0 spiro atoms. The first-order chi connectivity index (χ1) is 14.0. The minimum Gasteiger partial charge on any atom is -0.354 e. The van der Waals surface area contributed by atoms with E-state index in [-0.39, 0.29) is 11.8 Å². The molecule has 0 saturated heterocycles. The van der Waals surface area contributed by atoms with E-state index in [9.17, 15) is 4.79 Å². The molecule has 0 aliphatic rings. The van der Waals surface area contributed by atoms with E-state index >= 15 is 0 Å². The zero-order valence-electron chi connectivity index (χ0n) is 16.3. The second-order valence-electron chi connectivity index (χ2n) is 7.21. The standard InChI is InChI=1S/C22H22ClN5O/c1-14(11-28-13-24-12-26-28)22(29)25-10-17-8-18(23)9-19-15(2)20(27-21(17)19)16-6-4-3-5-7-16/h3-9,12-14,27H,10-11H2,1-2H3,(H,25,29). The fourth-order valence-electron chi connectivity index (χ4n) is 3.54. The summed E-state index contributed by atoms with van der Waals surface area (Å²) in [4.78, 5) is 20.0. The molecule has 148 valence electrons. The van der Waals surface area contributed by atoms with Gasteiger partial charge in [0, 0.05) is 22.6 Å². The number of fused-ring (bicyclic) bond motifs is 1. The number of aromatic nitrogens is 4. The van der Waals surface area contributed by atoms with Crippen LogP contribution in [0, 0.1) is 12.8 Å². The molecule has 29 heavy (non-hydrogen) atoms. The van der Waals surface area contributed by atoms with Crippen LogP contribution in [0.25, 0.3) is 22.2 Å². The molecule has 4 rings (SSSR count). The number of hydrogen-bond donors (Lipinski definition) is 2. The van der Waals surface area contributed by atoms with Gasteiger partial charge in [-0.15, -0.1) is 0 Å². The number of benzene rings is 2. The number of rotatable bonds is 6. The third-order valence-electron chi connectivity index (χ3n) is 5.10. The molecule has 2 aromatic carbocycles. The summed E-state index contributed by atoms with van der Waals surface area (Å²) < 4.78 is 1.66. The van der Waals surface area contributed by atoms with Crippen LogP contribution in [0.15, 0.2) is 55.1 Å². The van der Waals surface area contributed by atoms with E-state index in [1.54, 1.807) is 11.0 Å². The van der Waals surface area contributed by atoms with Crippen LogP contribution in [0.1, 0.15) is 18.1 Å². The van der Waals surface area contributed by atoms with Gasteiger partial charge in [-0.05, 0) is 35.7 Å². The highest BCUT2D eigenvalue weighted by Crippen LogP contribution is 2.33. The summed E-state index contributed by atoms with van der Waals surface area (Å²) in [6.07, 6.45) is 3.07.